The smallest absolute Gasteiger partial charge is 0.320 e. The molecule has 1 heterocycles. The number of carbonyl (C=O) groups excluding carboxylic acids is 3. The van der Waals surface area contributed by atoms with Gasteiger partial charge >= 0.3 is 6.03 Å². The second-order valence-electron chi connectivity index (χ2n) is 14.0. The molecule has 11 nitrogen and oxygen atoms in total. The van der Waals surface area contributed by atoms with Crippen LogP contribution in [0.2, 0.25) is 0 Å². The number of anilines is 1. The van der Waals surface area contributed by atoms with Crippen molar-refractivity contribution in [3.05, 3.63) is 83.6 Å². The lowest BCUT2D eigenvalue weighted by atomic mass is 9.92. The molecule has 2 aromatic carbocycles. The molecule has 0 bridgehead atoms. The fourth-order valence-electron chi connectivity index (χ4n) is 7.47. The number of nitrogens with one attached hydrogen (secondary N) is 4. The van der Waals surface area contributed by atoms with Crippen LogP contribution in [0, 0.1) is 0 Å². The van der Waals surface area contributed by atoms with E-state index in [0.717, 1.165) is 88.2 Å². The summed E-state index contributed by atoms with van der Waals surface area (Å²) in [6, 6.07) is 21.0. The van der Waals surface area contributed by atoms with E-state index < -0.39 is 0 Å². The first-order valence-electron chi connectivity index (χ1n) is 18.6. The van der Waals surface area contributed by atoms with Crippen LogP contribution in [0.4, 0.5) is 10.6 Å². The van der Waals surface area contributed by atoms with Gasteiger partial charge < -0.3 is 25.4 Å². The number of amides is 4. The maximum Gasteiger partial charge on any atom is 0.320 e. The average Bonchev–Trinajstić information content (AvgIpc) is 3.53. The minimum absolute atomic E-state index is 0.104. The third kappa shape index (κ3) is 10.4. The van der Waals surface area contributed by atoms with Crippen molar-refractivity contribution in [3.8, 4) is 0 Å². The fraction of sp³-hybridized carbons (Fsp3) is 0.538. The molecule has 4 atom stereocenters. The fourth-order valence-corrected chi connectivity index (χ4v) is 7.47. The van der Waals surface area contributed by atoms with Gasteiger partial charge in [0.25, 0.3) is 5.91 Å². The first-order chi connectivity index (χ1) is 24.5. The molecule has 11 heteroatoms. The van der Waals surface area contributed by atoms with Crippen molar-refractivity contribution < 1.29 is 23.9 Å². The molecule has 50 heavy (non-hydrogen) atoms. The van der Waals surface area contributed by atoms with E-state index in [2.05, 4.69) is 26.4 Å². The highest BCUT2D eigenvalue weighted by Gasteiger charge is 2.31. The van der Waals surface area contributed by atoms with Crippen LogP contribution in [0.1, 0.15) is 105 Å². The Morgan fingerprint density at radius 1 is 0.660 bits per heavy atom. The number of hydrogen-bond acceptors (Lipinski definition) is 6. The highest BCUT2D eigenvalue weighted by molar-refractivity contribution is 5.96. The molecule has 4 N–H and O–H groups in total. The third-order valence-electron chi connectivity index (χ3n) is 10.2. The number of hydrogen-bond donors (Lipinski definition) is 4. The zero-order valence-electron chi connectivity index (χ0n) is 29.0. The molecular formula is C39H52N6O5. The second-order valence-corrected chi connectivity index (χ2v) is 14.0. The molecule has 4 amide bonds. The van der Waals surface area contributed by atoms with Crippen LogP contribution in [0.5, 0.6) is 0 Å². The summed E-state index contributed by atoms with van der Waals surface area (Å²) in [6.45, 7) is 0.781. The first-order valence-corrected chi connectivity index (χ1v) is 18.6. The molecule has 3 aliphatic rings. The number of benzene rings is 2. The van der Waals surface area contributed by atoms with E-state index in [0.29, 0.717) is 13.2 Å². The average molecular weight is 685 g/mol. The van der Waals surface area contributed by atoms with E-state index in [1.165, 1.54) is 11.1 Å². The third-order valence-corrected chi connectivity index (χ3v) is 10.2. The number of carbonyl (C=O) groups is 3. The summed E-state index contributed by atoms with van der Waals surface area (Å²) in [5.74, 6) is -0.395. The molecule has 0 saturated heterocycles. The van der Waals surface area contributed by atoms with E-state index >= 15 is 0 Å². The van der Waals surface area contributed by atoms with E-state index in [-0.39, 0.29) is 66.2 Å². The molecule has 3 fully saturated rings. The summed E-state index contributed by atoms with van der Waals surface area (Å²) < 4.78 is 14.0. The topological polar surface area (TPSA) is 136 Å². The van der Waals surface area contributed by atoms with Gasteiger partial charge in [-0.05, 0) is 49.7 Å². The minimum atomic E-state index is -0.361. The summed E-state index contributed by atoms with van der Waals surface area (Å²) in [7, 11) is 0. The SMILES string of the molecule is O=C(Cn1nc(NC(=O)NC2CCCCC2)cc1C(=O)N[C@H]1CCCC[C@@H]1OCc1ccccc1)N[C@H]1CCCC[C@@H]1OCc1ccccc1. The number of urea groups is 1. The largest absolute Gasteiger partial charge is 0.371 e. The predicted octanol–water partition coefficient (Wildman–Crippen LogP) is 6.24. The van der Waals surface area contributed by atoms with Gasteiger partial charge in [-0.3, -0.25) is 14.9 Å². The molecule has 0 radical (unpaired) electrons. The lowest BCUT2D eigenvalue weighted by Gasteiger charge is -2.32. The first kappa shape index (κ1) is 35.6. The molecule has 0 unspecified atom stereocenters. The van der Waals surface area contributed by atoms with Gasteiger partial charge in [0, 0.05) is 12.1 Å². The number of ether oxygens (including phenoxy) is 2. The molecule has 3 aliphatic carbocycles. The van der Waals surface area contributed by atoms with Gasteiger partial charge in [0.15, 0.2) is 5.82 Å². The quantitative estimate of drug-likeness (QED) is 0.168. The van der Waals surface area contributed by atoms with Crippen molar-refractivity contribution in [2.75, 3.05) is 5.32 Å². The summed E-state index contributed by atoms with van der Waals surface area (Å²) >= 11 is 0. The van der Waals surface area contributed by atoms with Crippen molar-refractivity contribution in [1.82, 2.24) is 25.7 Å². The summed E-state index contributed by atoms with van der Waals surface area (Å²) in [5.41, 5.74) is 2.38. The lowest BCUT2D eigenvalue weighted by molar-refractivity contribution is -0.124. The van der Waals surface area contributed by atoms with Crippen molar-refractivity contribution >= 4 is 23.7 Å². The Labute approximate surface area is 295 Å². The minimum Gasteiger partial charge on any atom is -0.371 e. The zero-order chi connectivity index (χ0) is 34.5. The van der Waals surface area contributed by atoms with Crippen LogP contribution >= 0.6 is 0 Å². The number of nitrogens with zero attached hydrogens (tertiary/aromatic N) is 2. The Balaban J connectivity index is 1.12. The number of rotatable bonds is 13. The van der Waals surface area contributed by atoms with Crippen molar-refractivity contribution in [2.24, 2.45) is 0 Å². The lowest BCUT2D eigenvalue weighted by Crippen LogP contribution is -2.48. The van der Waals surface area contributed by atoms with Crippen molar-refractivity contribution in [2.45, 2.75) is 134 Å². The highest BCUT2D eigenvalue weighted by atomic mass is 16.5. The molecule has 0 spiro atoms. The second kappa shape index (κ2) is 18.1. The molecule has 0 aliphatic heterocycles. The normalized spacial score (nSPS) is 22.7. The van der Waals surface area contributed by atoms with Crippen molar-refractivity contribution in [1.29, 1.82) is 0 Å². The van der Waals surface area contributed by atoms with E-state index in [4.69, 9.17) is 9.47 Å². The Hall–Kier alpha value is -4.22. The predicted molar refractivity (Wildman–Crippen MR) is 191 cm³/mol. The van der Waals surface area contributed by atoms with Crippen LogP contribution in [0.25, 0.3) is 0 Å². The molecule has 1 aromatic heterocycles. The van der Waals surface area contributed by atoms with Gasteiger partial charge in [-0.2, -0.15) is 5.10 Å². The molecule has 268 valence electrons. The van der Waals surface area contributed by atoms with Gasteiger partial charge in [0.05, 0.1) is 37.5 Å². The van der Waals surface area contributed by atoms with E-state index in [1.807, 2.05) is 60.7 Å². The monoisotopic (exact) mass is 684 g/mol. The van der Waals surface area contributed by atoms with E-state index in [1.54, 1.807) is 6.07 Å². The van der Waals surface area contributed by atoms with Crippen LogP contribution in [0.15, 0.2) is 66.7 Å². The van der Waals surface area contributed by atoms with E-state index in [9.17, 15) is 14.4 Å². The standard InChI is InChI=1S/C39H52N6O5/c46-37(41-31-20-10-12-22-34(31)49-26-28-14-4-1-5-15-28)25-45-33(24-36(44-45)43-39(48)40-30-18-8-3-9-19-30)38(47)42-32-21-11-13-23-35(32)50-27-29-16-6-2-7-17-29/h1-2,4-7,14-17,24,30-32,34-35H,3,8-13,18-23,25-27H2,(H,41,46)(H,42,47)(H2,40,43,44,48)/t31-,32-,34-,35-/m0/s1. The van der Waals surface area contributed by atoms with Crippen molar-refractivity contribution in [3.63, 3.8) is 0 Å². The van der Waals surface area contributed by atoms with Crippen LogP contribution < -0.4 is 21.3 Å². The summed E-state index contributed by atoms with van der Waals surface area (Å²) in [4.78, 5) is 40.4. The van der Waals surface area contributed by atoms with Gasteiger partial charge in [-0.1, -0.05) is 106 Å². The molecule has 6 rings (SSSR count). The maximum atomic E-state index is 13.9. The molecule has 3 aromatic rings. The van der Waals surface area contributed by atoms with Gasteiger partial charge in [-0.15, -0.1) is 0 Å². The highest BCUT2D eigenvalue weighted by Crippen LogP contribution is 2.25. The Kier molecular flexibility index (Phi) is 12.9. The van der Waals surface area contributed by atoms with Crippen LogP contribution in [-0.4, -0.2) is 58.0 Å². The summed E-state index contributed by atoms with van der Waals surface area (Å²) in [5, 5.41) is 16.7. The zero-order valence-corrected chi connectivity index (χ0v) is 29.0. The Bertz CT molecular complexity index is 1530. The number of aromatic nitrogens is 2. The molecular weight excluding hydrogens is 632 g/mol. The molecule has 3 saturated carbocycles. The Morgan fingerprint density at radius 3 is 1.80 bits per heavy atom. The van der Waals surface area contributed by atoms with Gasteiger partial charge in [0.1, 0.15) is 12.2 Å². The maximum absolute atomic E-state index is 13.9. The van der Waals surface area contributed by atoms with Crippen LogP contribution in [0.3, 0.4) is 0 Å². The van der Waals surface area contributed by atoms with Gasteiger partial charge in [0.2, 0.25) is 5.91 Å². The van der Waals surface area contributed by atoms with Gasteiger partial charge in [-0.25, -0.2) is 9.48 Å². The summed E-state index contributed by atoms with van der Waals surface area (Å²) in [6.07, 6.45) is 12.4. The van der Waals surface area contributed by atoms with Crippen LogP contribution in [-0.2, 0) is 34.0 Å². The Morgan fingerprint density at radius 2 is 1.20 bits per heavy atom.